The molecule has 4 N–H and O–H groups in total. The van der Waals surface area contributed by atoms with Crippen LogP contribution in [0.4, 0.5) is 0 Å². The van der Waals surface area contributed by atoms with Crippen LogP contribution < -0.4 is 11.5 Å². The number of nitrogens with two attached hydrogens (primary N) is 2. The lowest BCUT2D eigenvalue weighted by atomic mass is 10.1. The van der Waals surface area contributed by atoms with Crippen LogP contribution in [0.15, 0.2) is 24.3 Å². The summed E-state index contributed by atoms with van der Waals surface area (Å²) in [5, 5.41) is 1.04. The van der Waals surface area contributed by atoms with E-state index in [9.17, 15) is 4.79 Å². The van der Waals surface area contributed by atoms with Crippen LogP contribution in [-0.2, 0) is 6.54 Å². The number of benzene rings is 1. The van der Waals surface area contributed by atoms with Crippen molar-refractivity contribution in [3.63, 3.8) is 0 Å². The Morgan fingerprint density at radius 1 is 1.43 bits per heavy atom. The Bertz CT molecular complexity index is 490. The molecule has 0 fully saturated rings. The van der Waals surface area contributed by atoms with Gasteiger partial charge in [-0.15, -0.1) is 11.3 Å². The number of rotatable bonds is 2. The third-order valence-electron chi connectivity index (χ3n) is 2.11. The van der Waals surface area contributed by atoms with E-state index in [4.69, 9.17) is 11.5 Å². The van der Waals surface area contributed by atoms with Gasteiger partial charge in [-0.05, 0) is 23.1 Å². The van der Waals surface area contributed by atoms with Gasteiger partial charge in [0.15, 0.2) is 0 Å². The van der Waals surface area contributed by atoms with Gasteiger partial charge in [0.1, 0.15) is 0 Å². The van der Waals surface area contributed by atoms with Crippen LogP contribution in [0.5, 0.6) is 0 Å². The van der Waals surface area contributed by atoms with E-state index < -0.39 is 0 Å². The standard InChI is InChI=1S/C10H10N2OS/c11-5-6-2-1-3-8-7(6)4-9(14-8)10(12)13/h1-4H,5,11H2,(H2,12,13). The van der Waals surface area contributed by atoms with E-state index in [1.54, 1.807) is 0 Å². The van der Waals surface area contributed by atoms with Crippen LogP contribution in [0.25, 0.3) is 10.1 Å². The minimum atomic E-state index is -0.380. The molecule has 3 nitrogen and oxygen atoms in total. The van der Waals surface area contributed by atoms with E-state index in [0.717, 1.165) is 15.6 Å². The van der Waals surface area contributed by atoms with E-state index in [-0.39, 0.29) is 5.91 Å². The summed E-state index contributed by atoms with van der Waals surface area (Å²) in [4.78, 5) is 11.6. The summed E-state index contributed by atoms with van der Waals surface area (Å²) >= 11 is 1.40. The minimum Gasteiger partial charge on any atom is -0.365 e. The molecular weight excluding hydrogens is 196 g/mol. The van der Waals surface area contributed by atoms with Crippen molar-refractivity contribution in [3.8, 4) is 0 Å². The van der Waals surface area contributed by atoms with Gasteiger partial charge in [-0.2, -0.15) is 0 Å². The molecule has 0 radical (unpaired) electrons. The third kappa shape index (κ3) is 1.38. The second-order valence-electron chi connectivity index (χ2n) is 3.01. The lowest BCUT2D eigenvalue weighted by molar-refractivity contribution is 0.100. The maximum atomic E-state index is 11.0. The Morgan fingerprint density at radius 2 is 2.21 bits per heavy atom. The molecular formula is C10H10N2OS. The lowest BCUT2D eigenvalue weighted by Crippen LogP contribution is -2.08. The summed E-state index contributed by atoms with van der Waals surface area (Å²) in [6.07, 6.45) is 0. The summed E-state index contributed by atoms with van der Waals surface area (Å²) in [7, 11) is 0. The number of hydrogen-bond donors (Lipinski definition) is 2. The molecule has 0 bridgehead atoms. The smallest absolute Gasteiger partial charge is 0.258 e. The number of hydrogen-bond acceptors (Lipinski definition) is 3. The normalized spacial score (nSPS) is 10.6. The van der Waals surface area contributed by atoms with Crippen molar-refractivity contribution in [2.75, 3.05) is 0 Å². The van der Waals surface area contributed by atoms with Crippen LogP contribution in [0.1, 0.15) is 15.2 Å². The largest absolute Gasteiger partial charge is 0.365 e. The van der Waals surface area contributed by atoms with Crippen molar-refractivity contribution in [2.45, 2.75) is 6.54 Å². The fourth-order valence-electron chi connectivity index (χ4n) is 1.42. The van der Waals surface area contributed by atoms with E-state index in [1.165, 1.54) is 11.3 Å². The molecule has 72 valence electrons. The van der Waals surface area contributed by atoms with Crippen LogP contribution in [-0.4, -0.2) is 5.91 Å². The molecule has 1 heterocycles. The van der Waals surface area contributed by atoms with E-state index in [0.29, 0.717) is 11.4 Å². The monoisotopic (exact) mass is 206 g/mol. The van der Waals surface area contributed by atoms with Gasteiger partial charge in [-0.25, -0.2) is 0 Å². The summed E-state index contributed by atoms with van der Waals surface area (Å²) in [5.41, 5.74) is 11.8. The molecule has 0 saturated carbocycles. The highest BCUT2D eigenvalue weighted by atomic mass is 32.1. The zero-order valence-corrected chi connectivity index (χ0v) is 8.30. The maximum Gasteiger partial charge on any atom is 0.258 e. The molecule has 0 atom stereocenters. The first-order valence-electron chi connectivity index (χ1n) is 4.23. The average Bonchev–Trinajstić information content (AvgIpc) is 2.60. The van der Waals surface area contributed by atoms with E-state index >= 15 is 0 Å². The number of thiophene rings is 1. The van der Waals surface area contributed by atoms with Crippen LogP contribution in [0, 0.1) is 0 Å². The Balaban J connectivity index is 2.70. The average molecular weight is 206 g/mol. The van der Waals surface area contributed by atoms with E-state index in [2.05, 4.69) is 0 Å². The minimum absolute atomic E-state index is 0.380. The highest BCUT2D eigenvalue weighted by molar-refractivity contribution is 7.20. The van der Waals surface area contributed by atoms with Crippen LogP contribution >= 0.6 is 11.3 Å². The second-order valence-corrected chi connectivity index (χ2v) is 4.09. The van der Waals surface area contributed by atoms with Gasteiger partial charge >= 0.3 is 0 Å². The zero-order chi connectivity index (χ0) is 10.1. The number of carbonyl (C=O) groups excluding carboxylic acids is 1. The molecule has 4 heteroatoms. The van der Waals surface area contributed by atoms with E-state index in [1.807, 2.05) is 24.3 Å². The van der Waals surface area contributed by atoms with Gasteiger partial charge < -0.3 is 11.5 Å². The van der Waals surface area contributed by atoms with Crippen LogP contribution in [0.2, 0.25) is 0 Å². The molecule has 1 amide bonds. The lowest BCUT2D eigenvalue weighted by Gasteiger charge is -1.96. The molecule has 1 aromatic heterocycles. The Kier molecular flexibility index (Phi) is 2.23. The summed E-state index contributed by atoms with van der Waals surface area (Å²) in [5.74, 6) is -0.380. The zero-order valence-electron chi connectivity index (χ0n) is 7.49. The first-order chi connectivity index (χ1) is 6.72. The Morgan fingerprint density at radius 3 is 2.86 bits per heavy atom. The number of primary amides is 1. The predicted octanol–water partition coefficient (Wildman–Crippen LogP) is 1.46. The second kappa shape index (κ2) is 3.40. The van der Waals surface area contributed by atoms with Crippen molar-refractivity contribution in [2.24, 2.45) is 11.5 Å². The molecule has 2 rings (SSSR count). The van der Waals surface area contributed by atoms with Crippen molar-refractivity contribution >= 4 is 27.3 Å². The van der Waals surface area contributed by atoms with Gasteiger partial charge in [-0.1, -0.05) is 12.1 Å². The molecule has 0 aliphatic rings. The fourth-order valence-corrected chi connectivity index (χ4v) is 2.38. The first kappa shape index (κ1) is 9.18. The van der Waals surface area contributed by atoms with Crippen molar-refractivity contribution in [3.05, 3.63) is 34.7 Å². The fraction of sp³-hybridized carbons (Fsp3) is 0.100. The molecule has 0 spiro atoms. The van der Waals surface area contributed by atoms with Gasteiger partial charge in [0.05, 0.1) is 4.88 Å². The quantitative estimate of drug-likeness (QED) is 0.781. The molecule has 0 aliphatic heterocycles. The van der Waals surface area contributed by atoms with Crippen LogP contribution in [0.3, 0.4) is 0 Å². The first-order valence-corrected chi connectivity index (χ1v) is 5.05. The molecule has 2 aromatic rings. The highest BCUT2D eigenvalue weighted by Crippen LogP contribution is 2.27. The molecule has 1 aromatic carbocycles. The van der Waals surface area contributed by atoms with Crippen molar-refractivity contribution < 1.29 is 4.79 Å². The number of amides is 1. The predicted molar refractivity (Wildman–Crippen MR) is 58.2 cm³/mol. The molecule has 0 saturated heterocycles. The Labute approximate surface area is 85.3 Å². The van der Waals surface area contributed by atoms with Gasteiger partial charge in [-0.3, -0.25) is 4.79 Å². The van der Waals surface area contributed by atoms with Gasteiger partial charge in [0.25, 0.3) is 5.91 Å². The van der Waals surface area contributed by atoms with Gasteiger partial charge in [0, 0.05) is 11.2 Å². The highest BCUT2D eigenvalue weighted by Gasteiger charge is 2.08. The third-order valence-corrected chi connectivity index (χ3v) is 3.23. The summed E-state index contributed by atoms with van der Waals surface area (Å²) < 4.78 is 1.06. The van der Waals surface area contributed by atoms with Crippen molar-refractivity contribution in [1.82, 2.24) is 0 Å². The van der Waals surface area contributed by atoms with Gasteiger partial charge in [0.2, 0.25) is 0 Å². The van der Waals surface area contributed by atoms with Crippen molar-refractivity contribution in [1.29, 1.82) is 0 Å². The summed E-state index contributed by atoms with van der Waals surface area (Å²) in [6.45, 7) is 0.478. The molecule has 0 unspecified atom stereocenters. The molecule has 0 aliphatic carbocycles. The number of fused-ring (bicyclic) bond motifs is 1. The SMILES string of the molecule is NCc1cccc2sc(C(N)=O)cc12. The Hall–Kier alpha value is -1.39. The summed E-state index contributed by atoms with van der Waals surface area (Å²) in [6, 6.07) is 7.67. The maximum absolute atomic E-state index is 11.0. The number of carbonyl (C=O) groups is 1. The topological polar surface area (TPSA) is 69.1 Å². The molecule has 14 heavy (non-hydrogen) atoms.